The SMILES string of the molecule is C[C@H](/C=C/C(=O)NO)[C@H](OC(=O)Nc1ccccc1)c1ccc(O)cc1. The van der Waals surface area contributed by atoms with E-state index in [2.05, 4.69) is 5.32 Å². The minimum absolute atomic E-state index is 0.0871. The van der Waals surface area contributed by atoms with Crippen LogP contribution in [0.2, 0.25) is 0 Å². The van der Waals surface area contributed by atoms with Crippen molar-refractivity contribution in [3.05, 3.63) is 72.3 Å². The van der Waals surface area contributed by atoms with Gasteiger partial charge in [0.2, 0.25) is 0 Å². The van der Waals surface area contributed by atoms with Gasteiger partial charge in [0.25, 0.3) is 5.91 Å². The van der Waals surface area contributed by atoms with Crippen molar-refractivity contribution >= 4 is 17.7 Å². The Morgan fingerprint density at radius 2 is 1.73 bits per heavy atom. The second-order valence-electron chi connectivity index (χ2n) is 5.60. The highest BCUT2D eigenvalue weighted by Crippen LogP contribution is 2.29. The van der Waals surface area contributed by atoms with E-state index in [1.807, 2.05) is 6.07 Å². The van der Waals surface area contributed by atoms with Crippen LogP contribution in [0.5, 0.6) is 5.75 Å². The van der Waals surface area contributed by atoms with E-state index in [1.165, 1.54) is 23.7 Å². The molecule has 0 saturated heterocycles. The third-order valence-electron chi connectivity index (χ3n) is 3.61. The summed E-state index contributed by atoms with van der Waals surface area (Å²) in [4.78, 5) is 23.4. The number of para-hydroxylation sites is 1. The van der Waals surface area contributed by atoms with Crippen LogP contribution in [0, 0.1) is 5.92 Å². The van der Waals surface area contributed by atoms with Gasteiger partial charge in [-0.05, 0) is 29.8 Å². The Kier molecular flexibility index (Phi) is 6.75. The van der Waals surface area contributed by atoms with Crippen LogP contribution in [0.25, 0.3) is 0 Å². The molecule has 7 nitrogen and oxygen atoms in total. The predicted molar refractivity (Wildman–Crippen MR) is 95.6 cm³/mol. The first kappa shape index (κ1) is 19.0. The summed E-state index contributed by atoms with van der Waals surface area (Å²) < 4.78 is 5.53. The Hall–Kier alpha value is -3.32. The first-order valence-corrected chi connectivity index (χ1v) is 7.93. The second kappa shape index (κ2) is 9.24. The predicted octanol–water partition coefficient (Wildman–Crippen LogP) is 3.38. The molecule has 2 rings (SSSR count). The number of hydroxylamine groups is 1. The fourth-order valence-electron chi connectivity index (χ4n) is 2.30. The molecule has 2 amide bonds. The minimum Gasteiger partial charge on any atom is -0.508 e. The Morgan fingerprint density at radius 1 is 1.08 bits per heavy atom. The number of nitrogens with one attached hydrogen (secondary N) is 2. The summed E-state index contributed by atoms with van der Waals surface area (Å²) in [6, 6.07) is 15.1. The van der Waals surface area contributed by atoms with Crippen LogP contribution < -0.4 is 10.8 Å². The number of ether oxygens (including phenoxy) is 1. The van der Waals surface area contributed by atoms with Crippen LogP contribution in [0.3, 0.4) is 0 Å². The van der Waals surface area contributed by atoms with Crippen molar-refractivity contribution in [2.45, 2.75) is 13.0 Å². The van der Waals surface area contributed by atoms with Crippen molar-refractivity contribution in [3.63, 3.8) is 0 Å². The molecule has 2 aromatic rings. The number of phenolic OH excluding ortho intramolecular Hbond substituents is 1. The smallest absolute Gasteiger partial charge is 0.412 e. The topological polar surface area (TPSA) is 108 Å². The van der Waals surface area contributed by atoms with Gasteiger partial charge in [-0.15, -0.1) is 0 Å². The molecular weight excluding hydrogens is 336 g/mol. The Balaban J connectivity index is 2.16. The molecule has 0 unspecified atom stereocenters. The van der Waals surface area contributed by atoms with Crippen molar-refractivity contribution < 1.29 is 24.6 Å². The van der Waals surface area contributed by atoms with Gasteiger partial charge in [0, 0.05) is 17.7 Å². The highest BCUT2D eigenvalue weighted by atomic mass is 16.6. The second-order valence-corrected chi connectivity index (χ2v) is 5.60. The highest BCUT2D eigenvalue weighted by Gasteiger charge is 2.22. The molecule has 0 bridgehead atoms. The molecule has 136 valence electrons. The van der Waals surface area contributed by atoms with Crippen LogP contribution in [0.1, 0.15) is 18.6 Å². The summed E-state index contributed by atoms with van der Waals surface area (Å²) in [6.45, 7) is 1.76. The normalized spacial score (nSPS) is 13.0. The summed E-state index contributed by atoms with van der Waals surface area (Å²) in [5, 5.41) is 20.6. The zero-order valence-electron chi connectivity index (χ0n) is 14.1. The van der Waals surface area contributed by atoms with E-state index in [-0.39, 0.29) is 11.7 Å². The van der Waals surface area contributed by atoms with Crippen molar-refractivity contribution in [2.24, 2.45) is 5.92 Å². The van der Waals surface area contributed by atoms with Gasteiger partial charge < -0.3 is 9.84 Å². The van der Waals surface area contributed by atoms with Gasteiger partial charge in [-0.2, -0.15) is 0 Å². The molecule has 0 spiro atoms. The zero-order chi connectivity index (χ0) is 18.9. The van der Waals surface area contributed by atoms with Gasteiger partial charge in [0.05, 0.1) is 0 Å². The molecule has 2 atom stereocenters. The number of rotatable bonds is 6. The molecule has 0 aromatic heterocycles. The van der Waals surface area contributed by atoms with Crippen LogP contribution in [0.15, 0.2) is 66.7 Å². The Morgan fingerprint density at radius 3 is 2.35 bits per heavy atom. The van der Waals surface area contributed by atoms with E-state index >= 15 is 0 Å². The molecule has 4 N–H and O–H groups in total. The van der Waals surface area contributed by atoms with E-state index in [9.17, 15) is 14.7 Å². The summed E-state index contributed by atoms with van der Waals surface area (Å²) in [5.74, 6) is -0.975. The third-order valence-corrected chi connectivity index (χ3v) is 3.61. The Labute approximate surface area is 150 Å². The quantitative estimate of drug-likeness (QED) is 0.360. The number of carbonyl (C=O) groups excluding carboxylic acids is 2. The van der Waals surface area contributed by atoms with Gasteiger partial charge in [0.1, 0.15) is 11.9 Å². The molecule has 26 heavy (non-hydrogen) atoms. The van der Waals surface area contributed by atoms with Crippen molar-refractivity contribution in [1.82, 2.24) is 5.48 Å². The summed E-state index contributed by atoms with van der Waals surface area (Å²) >= 11 is 0. The minimum atomic E-state index is -0.706. The molecular formula is C19H20N2O5. The highest BCUT2D eigenvalue weighted by molar-refractivity contribution is 5.86. The van der Waals surface area contributed by atoms with Crippen molar-refractivity contribution in [2.75, 3.05) is 5.32 Å². The van der Waals surface area contributed by atoms with Gasteiger partial charge in [0.15, 0.2) is 0 Å². The molecule has 0 saturated carbocycles. The number of aromatic hydroxyl groups is 1. The maximum Gasteiger partial charge on any atom is 0.412 e. The molecule has 2 aromatic carbocycles. The zero-order valence-corrected chi connectivity index (χ0v) is 14.1. The lowest BCUT2D eigenvalue weighted by atomic mass is 9.96. The molecule has 0 aliphatic heterocycles. The number of hydrogen-bond donors (Lipinski definition) is 4. The largest absolute Gasteiger partial charge is 0.508 e. The fourth-order valence-corrected chi connectivity index (χ4v) is 2.30. The van der Waals surface area contributed by atoms with Crippen LogP contribution in [-0.4, -0.2) is 22.3 Å². The summed E-state index contributed by atoms with van der Waals surface area (Å²) in [6.07, 6.45) is 1.30. The van der Waals surface area contributed by atoms with E-state index in [0.717, 1.165) is 6.08 Å². The van der Waals surface area contributed by atoms with Gasteiger partial charge in [-0.3, -0.25) is 15.3 Å². The van der Waals surface area contributed by atoms with Crippen molar-refractivity contribution in [1.29, 1.82) is 0 Å². The summed E-state index contributed by atoms with van der Waals surface area (Å²) in [7, 11) is 0. The van der Waals surface area contributed by atoms with E-state index < -0.39 is 18.1 Å². The number of anilines is 1. The lowest BCUT2D eigenvalue weighted by Gasteiger charge is -2.23. The van der Waals surface area contributed by atoms with Gasteiger partial charge in [-0.25, -0.2) is 10.3 Å². The van der Waals surface area contributed by atoms with Gasteiger partial charge in [-0.1, -0.05) is 43.3 Å². The Bertz CT molecular complexity index is 759. The first-order chi connectivity index (χ1) is 12.5. The average molecular weight is 356 g/mol. The number of benzene rings is 2. The average Bonchev–Trinajstić information content (AvgIpc) is 2.65. The van der Waals surface area contributed by atoms with E-state index in [1.54, 1.807) is 43.3 Å². The van der Waals surface area contributed by atoms with Crippen LogP contribution in [-0.2, 0) is 9.53 Å². The number of hydrogen-bond acceptors (Lipinski definition) is 5. The monoisotopic (exact) mass is 356 g/mol. The van der Waals surface area contributed by atoms with E-state index in [0.29, 0.717) is 11.3 Å². The molecule has 0 radical (unpaired) electrons. The molecule has 0 aliphatic rings. The lowest BCUT2D eigenvalue weighted by Crippen LogP contribution is -2.22. The maximum absolute atomic E-state index is 12.2. The number of phenols is 1. The number of carbonyl (C=O) groups is 2. The fraction of sp³-hybridized carbons (Fsp3) is 0.158. The summed E-state index contributed by atoms with van der Waals surface area (Å²) in [5.41, 5.74) is 2.73. The third kappa shape index (κ3) is 5.64. The molecule has 7 heteroatoms. The standard InChI is InChI=1S/C19H20N2O5/c1-13(7-12-17(23)21-25)18(14-8-10-16(22)11-9-14)26-19(24)20-15-5-3-2-4-6-15/h2-13,18,22,25H,1H3,(H,20,24)(H,21,23)/b12-7+/t13-,18+/m1/s1. The maximum atomic E-state index is 12.2. The lowest BCUT2D eigenvalue weighted by molar-refractivity contribution is -0.124. The van der Waals surface area contributed by atoms with Gasteiger partial charge >= 0.3 is 6.09 Å². The van der Waals surface area contributed by atoms with E-state index in [4.69, 9.17) is 9.94 Å². The molecule has 0 heterocycles. The molecule has 0 aliphatic carbocycles. The van der Waals surface area contributed by atoms with Crippen LogP contribution >= 0.6 is 0 Å². The number of amides is 2. The van der Waals surface area contributed by atoms with Crippen molar-refractivity contribution in [3.8, 4) is 5.75 Å². The van der Waals surface area contributed by atoms with Crippen LogP contribution in [0.4, 0.5) is 10.5 Å². The molecule has 0 fully saturated rings. The first-order valence-electron chi connectivity index (χ1n) is 7.93.